The molecule has 0 aliphatic carbocycles. The Morgan fingerprint density at radius 1 is 1.22 bits per heavy atom. The first kappa shape index (κ1) is 17.1. The van der Waals surface area contributed by atoms with Crippen LogP contribution in [0.4, 0.5) is 5.69 Å². The number of unbranched alkanes of at least 4 members (excludes halogenated alkanes) is 4. The number of amidine groups is 1. The van der Waals surface area contributed by atoms with Gasteiger partial charge in [-0.15, -0.1) is 0 Å². The fourth-order valence-corrected chi connectivity index (χ4v) is 2.48. The molecule has 1 aromatic carbocycles. The van der Waals surface area contributed by atoms with E-state index in [0.717, 1.165) is 18.5 Å². The van der Waals surface area contributed by atoms with E-state index in [9.17, 15) is 4.79 Å². The summed E-state index contributed by atoms with van der Waals surface area (Å²) in [5.41, 5.74) is 6.89. The number of nitrogens with one attached hydrogen (secondary N) is 1. The maximum atomic E-state index is 12.2. The first-order valence-electron chi connectivity index (χ1n) is 8.36. The fourth-order valence-electron chi connectivity index (χ4n) is 2.48. The molecule has 1 heterocycles. The lowest BCUT2D eigenvalue weighted by molar-refractivity contribution is -0.121. The normalized spacial score (nSPS) is 17.0. The zero-order valence-corrected chi connectivity index (χ0v) is 13.7. The molecule has 1 amide bonds. The van der Waals surface area contributed by atoms with Crippen LogP contribution in [0.5, 0.6) is 0 Å². The van der Waals surface area contributed by atoms with Gasteiger partial charge in [0.1, 0.15) is 11.8 Å². The molecule has 0 saturated heterocycles. The van der Waals surface area contributed by atoms with Gasteiger partial charge >= 0.3 is 0 Å². The first-order chi connectivity index (χ1) is 11.2. The second-order valence-corrected chi connectivity index (χ2v) is 5.73. The average Bonchev–Trinajstić information content (AvgIpc) is 2.58. The SMILES string of the molecule is CCCCCCCNC(=O)C1C=CN(c2ccccc2)N=C1N. The summed E-state index contributed by atoms with van der Waals surface area (Å²) in [4.78, 5) is 12.2. The van der Waals surface area contributed by atoms with Gasteiger partial charge < -0.3 is 11.1 Å². The van der Waals surface area contributed by atoms with E-state index < -0.39 is 5.92 Å². The van der Waals surface area contributed by atoms with Crippen molar-refractivity contribution in [3.63, 3.8) is 0 Å². The van der Waals surface area contributed by atoms with Crippen LogP contribution in [-0.2, 0) is 4.79 Å². The van der Waals surface area contributed by atoms with Crippen molar-refractivity contribution in [1.82, 2.24) is 5.32 Å². The topological polar surface area (TPSA) is 70.7 Å². The number of hydrogen-bond donors (Lipinski definition) is 2. The number of hydrazone groups is 1. The maximum Gasteiger partial charge on any atom is 0.234 e. The molecule has 0 radical (unpaired) electrons. The molecule has 0 bridgehead atoms. The van der Waals surface area contributed by atoms with E-state index in [1.54, 1.807) is 17.3 Å². The fraction of sp³-hybridized carbons (Fsp3) is 0.444. The van der Waals surface area contributed by atoms with Crippen molar-refractivity contribution in [2.24, 2.45) is 16.8 Å². The number of para-hydroxylation sites is 1. The Morgan fingerprint density at radius 2 is 1.96 bits per heavy atom. The smallest absolute Gasteiger partial charge is 0.234 e. The highest BCUT2D eigenvalue weighted by atomic mass is 16.1. The van der Waals surface area contributed by atoms with Crippen LogP contribution in [-0.4, -0.2) is 18.3 Å². The Bertz CT molecular complexity index is 553. The van der Waals surface area contributed by atoms with E-state index in [-0.39, 0.29) is 5.91 Å². The van der Waals surface area contributed by atoms with Crippen LogP contribution in [0.25, 0.3) is 0 Å². The quantitative estimate of drug-likeness (QED) is 0.725. The second kappa shape index (κ2) is 8.98. The highest BCUT2D eigenvalue weighted by Crippen LogP contribution is 2.18. The number of nitrogens with two attached hydrogens (primary N) is 1. The molecular formula is C18H26N4O. The van der Waals surface area contributed by atoms with Gasteiger partial charge in [0.2, 0.25) is 5.91 Å². The number of carbonyl (C=O) groups excluding carboxylic acids is 1. The van der Waals surface area contributed by atoms with Gasteiger partial charge in [0.25, 0.3) is 0 Å². The van der Waals surface area contributed by atoms with Gasteiger partial charge in [-0.1, -0.05) is 50.8 Å². The summed E-state index contributed by atoms with van der Waals surface area (Å²) < 4.78 is 0. The van der Waals surface area contributed by atoms with Crippen molar-refractivity contribution in [3.05, 3.63) is 42.6 Å². The van der Waals surface area contributed by atoms with Crippen molar-refractivity contribution in [3.8, 4) is 0 Å². The van der Waals surface area contributed by atoms with Crippen molar-refractivity contribution in [2.45, 2.75) is 39.0 Å². The third-order valence-corrected chi connectivity index (χ3v) is 3.84. The average molecular weight is 314 g/mol. The van der Waals surface area contributed by atoms with Crippen LogP contribution < -0.4 is 16.1 Å². The van der Waals surface area contributed by atoms with Crippen LogP contribution in [0.1, 0.15) is 39.0 Å². The van der Waals surface area contributed by atoms with E-state index in [1.165, 1.54) is 19.3 Å². The molecule has 5 nitrogen and oxygen atoms in total. The van der Waals surface area contributed by atoms with Gasteiger partial charge in [-0.05, 0) is 24.6 Å². The summed E-state index contributed by atoms with van der Waals surface area (Å²) in [6.45, 7) is 2.89. The Labute approximate surface area is 138 Å². The van der Waals surface area contributed by atoms with Gasteiger partial charge in [0.15, 0.2) is 0 Å². The van der Waals surface area contributed by atoms with Gasteiger partial charge in [-0.3, -0.25) is 4.79 Å². The van der Waals surface area contributed by atoms with E-state index in [0.29, 0.717) is 12.4 Å². The molecule has 0 aromatic heterocycles. The van der Waals surface area contributed by atoms with Gasteiger partial charge in [0.05, 0.1) is 5.69 Å². The molecular weight excluding hydrogens is 288 g/mol. The lowest BCUT2D eigenvalue weighted by atomic mass is 10.1. The van der Waals surface area contributed by atoms with Crippen molar-refractivity contribution < 1.29 is 4.79 Å². The van der Waals surface area contributed by atoms with Crippen LogP contribution in [0.2, 0.25) is 0 Å². The molecule has 0 spiro atoms. The van der Waals surface area contributed by atoms with Crippen LogP contribution in [0.3, 0.4) is 0 Å². The number of amides is 1. The lowest BCUT2D eigenvalue weighted by Gasteiger charge is -2.23. The monoisotopic (exact) mass is 314 g/mol. The van der Waals surface area contributed by atoms with Crippen molar-refractivity contribution in [1.29, 1.82) is 0 Å². The summed E-state index contributed by atoms with van der Waals surface area (Å²) in [6.07, 6.45) is 9.46. The Kier molecular flexibility index (Phi) is 6.66. The zero-order chi connectivity index (χ0) is 16.5. The van der Waals surface area contributed by atoms with Crippen LogP contribution in [0.15, 0.2) is 47.7 Å². The molecule has 1 aliphatic heterocycles. The molecule has 124 valence electrons. The van der Waals surface area contributed by atoms with Gasteiger partial charge in [0, 0.05) is 12.7 Å². The number of anilines is 1. The zero-order valence-electron chi connectivity index (χ0n) is 13.7. The molecule has 1 aromatic rings. The molecule has 1 unspecified atom stereocenters. The second-order valence-electron chi connectivity index (χ2n) is 5.73. The minimum absolute atomic E-state index is 0.0781. The summed E-state index contributed by atoms with van der Waals surface area (Å²) in [6, 6.07) is 9.70. The van der Waals surface area contributed by atoms with E-state index in [1.807, 2.05) is 30.3 Å². The molecule has 23 heavy (non-hydrogen) atoms. The van der Waals surface area contributed by atoms with E-state index in [2.05, 4.69) is 17.3 Å². The van der Waals surface area contributed by atoms with Gasteiger partial charge in [-0.25, -0.2) is 5.01 Å². The van der Waals surface area contributed by atoms with Crippen molar-refractivity contribution >= 4 is 17.4 Å². The van der Waals surface area contributed by atoms with E-state index >= 15 is 0 Å². The molecule has 1 aliphatic rings. The maximum absolute atomic E-state index is 12.2. The first-order valence-corrected chi connectivity index (χ1v) is 8.36. The molecule has 0 saturated carbocycles. The molecule has 3 N–H and O–H groups in total. The standard InChI is InChI=1S/C18H26N4O/c1-2-3-4-5-9-13-20-18(23)16-12-14-22(21-17(16)19)15-10-7-6-8-11-15/h6-8,10-12,14,16H,2-5,9,13H2,1H3,(H2,19,21)(H,20,23). The largest absolute Gasteiger partial charge is 0.385 e. The summed E-state index contributed by atoms with van der Waals surface area (Å²) >= 11 is 0. The Morgan fingerprint density at radius 3 is 2.65 bits per heavy atom. The Balaban J connectivity index is 1.81. The minimum atomic E-state index is -0.481. The third-order valence-electron chi connectivity index (χ3n) is 3.84. The number of carbonyl (C=O) groups is 1. The van der Waals surface area contributed by atoms with Crippen LogP contribution >= 0.6 is 0 Å². The van der Waals surface area contributed by atoms with E-state index in [4.69, 9.17) is 5.73 Å². The number of hydrogen-bond acceptors (Lipinski definition) is 4. The Hall–Kier alpha value is -2.30. The summed E-state index contributed by atoms with van der Waals surface area (Å²) in [7, 11) is 0. The summed E-state index contributed by atoms with van der Waals surface area (Å²) in [5.74, 6) is -0.240. The number of nitrogens with zero attached hydrogens (tertiary/aromatic N) is 2. The third kappa shape index (κ3) is 5.13. The molecule has 5 heteroatoms. The molecule has 0 fully saturated rings. The lowest BCUT2D eigenvalue weighted by Crippen LogP contribution is -2.41. The molecule has 1 atom stereocenters. The minimum Gasteiger partial charge on any atom is -0.385 e. The number of benzene rings is 1. The highest BCUT2D eigenvalue weighted by Gasteiger charge is 2.23. The highest BCUT2D eigenvalue weighted by molar-refractivity contribution is 6.05. The summed E-state index contributed by atoms with van der Waals surface area (Å²) in [5, 5.41) is 8.93. The number of rotatable bonds is 8. The predicted octanol–water partition coefficient (Wildman–Crippen LogP) is 3.00. The van der Waals surface area contributed by atoms with Crippen molar-refractivity contribution in [2.75, 3.05) is 11.6 Å². The molecule has 2 rings (SSSR count). The predicted molar refractivity (Wildman–Crippen MR) is 94.9 cm³/mol. The van der Waals surface area contributed by atoms with Crippen LogP contribution in [0, 0.1) is 5.92 Å². The van der Waals surface area contributed by atoms with Gasteiger partial charge in [-0.2, -0.15) is 5.10 Å².